The number of para-hydroxylation sites is 3. The second kappa shape index (κ2) is 21.3. The number of rotatable bonds is 8. The largest absolute Gasteiger partial charge is 0.309 e. The molecule has 2 heteroatoms. The summed E-state index contributed by atoms with van der Waals surface area (Å²) in [5, 5.41) is 15.1. The standard InChI is InChI=1S/C97H70N2/c1-58(2)73-45-74(68-33-31-65-42-64(29-30-66(65)43-68)63-28-27-59-17-7-8-18-60(59)41-63)47-75(46-73)71-35-38-81-86-51-70-34-32-67(44-76(70)56-91(86)97(5,6)88(81)54-71)69-37-40-95-87(52-69)84-23-13-16-26-94(84)99(95)79-49-77(48-78(57-79)98-92-24-14-11-21-82(92)83-22-12-15-25-93(83)98)72-36-39-80-85-50-61-19-9-10-20-62(61)53-90(85)96(3,4)89(80)55-72/h7-58H,1-6H3. The highest BCUT2D eigenvalue weighted by Crippen LogP contribution is 2.54. The molecule has 0 radical (unpaired) electrons. The van der Waals surface area contributed by atoms with Crippen molar-refractivity contribution in [1.29, 1.82) is 0 Å². The van der Waals surface area contributed by atoms with Crippen LogP contribution in [0.3, 0.4) is 0 Å². The van der Waals surface area contributed by atoms with Gasteiger partial charge in [0.05, 0.1) is 22.1 Å². The van der Waals surface area contributed by atoms with E-state index < -0.39 is 0 Å². The maximum absolute atomic E-state index is 2.51. The zero-order valence-electron chi connectivity index (χ0n) is 56.4. The van der Waals surface area contributed by atoms with Crippen LogP contribution in [0, 0.1) is 0 Å². The summed E-state index contributed by atoms with van der Waals surface area (Å²) in [6.45, 7) is 14.3. The van der Waals surface area contributed by atoms with E-state index in [2.05, 4.69) is 360 Å². The number of nitrogens with zero attached hydrogens (tertiary/aromatic N) is 2. The Bertz CT molecular complexity index is 6460. The molecule has 2 aromatic heterocycles. The predicted molar refractivity (Wildman–Crippen MR) is 422 cm³/mol. The number of aromatic nitrogens is 2. The molecule has 468 valence electrons. The minimum atomic E-state index is -0.217. The molecule has 0 N–H and O–H groups in total. The average Bonchev–Trinajstić information content (AvgIpc) is 1.58. The van der Waals surface area contributed by atoms with Crippen LogP contribution in [0.1, 0.15) is 75.3 Å². The Balaban J connectivity index is 0.656. The summed E-state index contributed by atoms with van der Waals surface area (Å²) in [4.78, 5) is 0. The second-order valence-corrected chi connectivity index (χ2v) is 29.5. The van der Waals surface area contributed by atoms with Gasteiger partial charge in [0, 0.05) is 43.7 Å². The van der Waals surface area contributed by atoms with Crippen LogP contribution in [0.2, 0.25) is 0 Å². The number of fused-ring (bicyclic) bond motifs is 16. The third-order valence-corrected chi connectivity index (χ3v) is 22.7. The van der Waals surface area contributed by atoms with Gasteiger partial charge in [-0.15, -0.1) is 0 Å². The topological polar surface area (TPSA) is 9.86 Å². The van der Waals surface area contributed by atoms with Crippen molar-refractivity contribution in [3.63, 3.8) is 0 Å². The molecular formula is C97H70N2. The maximum Gasteiger partial charge on any atom is 0.0541 e. The molecule has 0 unspecified atom stereocenters. The Hall–Kier alpha value is -11.8. The third-order valence-electron chi connectivity index (χ3n) is 22.7. The van der Waals surface area contributed by atoms with Crippen molar-refractivity contribution in [2.75, 3.05) is 0 Å². The molecule has 0 aliphatic heterocycles. The molecule has 2 nitrogen and oxygen atoms in total. The molecule has 2 heterocycles. The Kier molecular flexibility index (Phi) is 12.4. The summed E-state index contributed by atoms with van der Waals surface area (Å²) in [6, 6.07) is 118. The van der Waals surface area contributed by atoms with Crippen molar-refractivity contribution in [2.24, 2.45) is 0 Å². The van der Waals surface area contributed by atoms with E-state index in [4.69, 9.17) is 0 Å². The highest BCUT2D eigenvalue weighted by Gasteiger charge is 2.38. The molecule has 2 aliphatic rings. The lowest BCUT2D eigenvalue weighted by Crippen LogP contribution is -2.15. The van der Waals surface area contributed by atoms with E-state index in [1.54, 1.807) is 0 Å². The molecule has 0 saturated heterocycles. The summed E-state index contributed by atoms with van der Waals surface area (Å²) >= 11 is 0. The van der Waals surface area contributed by atoms with Crippen LogP contribution in [-0.2, 0) is 10.8 Å². The van der Waals surface area contributed by atoms with Crippen LogP contribution in [0.5, 0.6) is 0 Å². The number of benzene rings is 16. The smallest absolute Gasteiger partial charge is 0.0541 e. The van der Waals surface area contributed by atoms with Crippen molar-refractivity contribution in [3.05, 3.63) is 337 Å². The number of hydrogen-bond donors (Lipinski definition) is 0. The van der Waals surface area contributed by atoms with Crippen LogP contribution in [0.4, 0.5) is 0 Å². The Labute approximate surface area is 577 Å². The van der Waals surface area contributed by atoms with Crippen molar-refractivity contribution < 1.29 is 0 Å². The summed E-state index contributed by atoms with van der Waals surface area (Å²) in [5.74, 6) is 0.371. The molecule has 16 aromatic carbocycles. The second-order valence-electron chi connectivity index (χ2n) is 29.5. The van der Waals surface area contributed by atoms with Gasteiger partial charge in [0.1, 0.15) is 0 Å². The SMILES string of the molecule is CC(C)c1cc(-c2ccc3c(c2)C(C)(C)c2cc4cc(-c5ccc6c(c5)c5ccccc5n6-c5cc(-c6ccc7c(c6)C(C)(C)c6cc8ccccc8cc6-7)cc(-n6c7ccccc7c7ccccc76)c5)ccc4cc2-3)cc(-c2ccc3cc(-c4ccc5ccccc5c4)ccc3c2)c1. The van der Waals surface area contributed by atoms with Gasteiger partial charge in [0.25, 0.3) is 0 Å². The van der Waals surface area contributed by atoms with E-state index in [9.17, 15) is 0 Å². The minimum Gasteiger partial charge on any atom is -0.309 e. The van der Waals surface area contributed by atoms with Crippen LogP contribution in [-0.4, -0.2) is 9.13 Å². The first-order chi connectivity index (χ1) is 48.3. The van der Waals surface area contributed by atoms with Gasteiger partial charge in [-0.25, -0.2) is 0 Å². The van der Waals surface area contributed by atoms with Gasteiger partial charge in [-0.3, -0.25) is 0 Å². The normalized spacial score (nSPS) is 13.6. The van der Waals surface area contributed by atoms with Crippen LogP contribution in [0.15, 0.2) is 309 Å². The van der Waals surface area contributed by atoms with Crippen molar-refractivity contribution in [2.45, 2.75) is 58.3 Å². The molecule has 0 fully saturated rings. The van der Waals surface area contributed by atoms with Crippen LogP contribution in [0.25, 0.3) is 176 Å². The Morgan fingerprint density at radius 3 is 1.07 bits per heavy atom. The van der Waals surface area contributed by atoms with E-state index in [-0.39, 0.29) is 10.8 Å². The summed E-state index contributed by atoms with van der Waals surface area (Å²) < 4.78 is 4.99. The quantitative estimate of drug-likeness (QED) is 0.143. The lowest BCUT2D eigenvalue weighted by atomic mass is 9.80. The Morgan fingerprint density at radius 2 is 0.556 bits per heavy atom. The first kappa shape index (κ1) is 57.4. The number of hydrogen-bond acceptors (Lipinski definition) is 0. The van der Waals surface area contributed by atoms with Crippen LogP contribution < -0.4 is 0 Å². The van der Waals surface area contributed by atoms with E-state index in [0.29, 0.717) is 5.92 Å². The van der Waals surface area contributed by atoms with Gasteiger partial charge < -0.3 is 9.13 Å². The molecule has 0 saturated carbocycles. The van der Waals surface area contributed by atoms with Gasteiger partial charge >= 0.3 is 0 Å². The maximum atomic E-state index is 2.51. The predicted octanol–water partition coefficient (Wildman–Crippen LogP) is 26.6. The highest BCUT2D eigenvalue weighted by molar-refractivity contribution is 6.12. The Morgan fingerprint density at radius 1 is 0.222 bits per heavy atom. The van der Waals surface area contributed by atoms with E-state index in [1.165, 1.54) is 192 Å². The molecule has 99 heavy (non-hydrogen) atoms. The fraction of sp³-hybridized carbons (Fsp3) is 0.0928. The van der Waals surface area contributed by atoms with Gasteiger partial charge in [0.15, 0.2) is 0 Å². The van der Waals surface area contributed by atoms with Crippen LogP contribution >= 0.6 is 0 Å². The van der Waals surface area contributed by atoms with Gasteiger partial charge in [-0.2, -0.15) is 0 Å². The van der Waals surface area contributed by atoms with Crippen molar-refractivity contribution in [1.82, 2.24) is 9.13 Å². The fourth-order valence-corrected chi connectivity index (χ4v) is 17.4. The van der Waals surface area contributed by atoms with Crippen molar-refractivity contribution in [3.8, 4) is 89.3 Å². The molecular weight excluding hydrogens is 1190 g/mol. The summed E-state index contributed by atoms with van der Waals surface area (Å²) in [7, 11) is 0. The molecule has 20 rings (SSSR count). The molecule has 0 amide bonds. The van der Waals surface area contributed by atoms with Gasteiger partial charge in [-0.05, 0) is 270 Å². The highest BCUT2D eigenvalue weighted by atomic mass is 15.0. The lowest BCUT2D eigenvalue weighted by Gasteiger charge is -2.23. The zero-order chi connectivity index (χ0) is 66.2. The molecule has 0 bridgehead atoms. The third kappa shape index (κ3) is 8.88. The molecule has 0 spiro atoms. The average molecular weight is 1260 g/mol. The van der Waals surface area contributed by atoms with E-state index >= 15 is 0 Å². The first-order valence-corrected chi connectivity index (χ1v) is 35.1. The monoisotopic (exact) mass is 1260 g/mol. The molecule has 0 atom stereocenters. The molecule has 2 aliphatic carbocycles. The summed E-state index contributed by atoms with van der Waals surface area (Å²) in [5.41, 5.74) is 31.0. The minimum absolute atomic E-state index is 0.179. The van der Waals surface area contributed by atoms with E-state index in [0.717, 1.165) is 11.4 Å². The first-order valence-electron chi connectivity index (χ1n) is 35.1. The lowest BCUT2D eigenvalue weighted by molar-refractivity contribution is 0.661. The van der Waals surface area contributed by atoms with Crippen molar-refractivity contribution >= 4 is 86.7 Å². The fourth-order valence-electron chi connectivity index (χ4n) is 17.4. The van der Waals surface area contributed by atoms with E-state index in [1.807, 2.05) is 0 Å². The summed E-state index contributed by atoms with van der Waals surface area (Å²) in [6.07, 6.45) is 0. The van der Waals surface area contributed by atoms with Gasteiger partial charge in [0.2, 0.25) is 0 Å². The molecule has 18 aromatic rings. The zero-order valence-corrected chi connectivity index (χ0v) is 56.4. The van der Waals surface area contributed by atoms with Gasteiger partial charge in [-0.1, -0.05) is 236 Å².